The Balaban J connectivity index is 1.43. The van der Waals surface area contributed by atoms with E-state index in [9.17, 15) is 9.59 Å². The number of amides is 1. The minimum atomic E-state index is -0.0914. The summed E-state index contributed by atoms with van der Waals surface area (Å²) >= 11 is 0. The number of aryl methyl sites for hydroxylation is 1. The van der Waals surface area contributed by atoms with Crippen molar-refractivity contribution in [2.75, 3.05) is 18.4 Å². The van der Waals surface area contributed by atoms with E-state index in [4.69, 9.17) is 0 Å². The first-order chi connectivity index (χ1) is 16.0. The van der Waals surface area contributed by atoms with Gasteiger partial charge in [-0.3, -0.25) is 14.2 Å². The van der Waals surface area contributed by atoms with Gasteiger partial charge in [-0.2, -0.15) is 0 Å². The number of fused-ring (bicyclic) bond motifs is 1. The molecule has 0 saturated carbocycles. The van der Waals surface area contributed by atoms with E-state index >= 15 is 0 Å². The zero-order valence-electron chi connectivity index (χ0n) is 18.6. The molecule has 0 atom stereocenters. The molecule has 1 aliphatic heterocycles. The molecule has 0 bridgehead atoms. The Morgan fingerprint density at radius 3 is 2.67 bits per heavy atom. The summed E-state index contributed by atoms with van der Waals surface area (Å²) in [5, 5.41) is 3.74. The first kappa shape index (κ1) is 20.8. The van der Waals surface area contributed by atoms with E-state index in [1.54, 1.807) is 19.3 Å². The van der Waals surface area contributed by atoms with Gasteiger partial charge in [-0.25, -0.2) is 15.0 Å². The predicted octanol–water partition coefficient (Wildman–Crippen LogP) is 3.68. The standard InChI is InChI=1S/C25H24N6O2/c1-16-27-22-9-8-17(15-20(22)24(33)30(16)2)21-10-11-26-25(29-21)28-19-7-5-6-18(14-19)23(32)31-12-3-4-13-31/h5-11,14-15H,3-4,12-13H2,1-2H3,(H,26,28,29). The Bertz CT molecular complexity index is 1420. The van der Waals surface area contributed by atoms with E-state index in [0.29, 0.717) is 33.9 Å². The lowest BCUT2D eigenvalue weighted by Crippen LogP contribution is -2.27. The zero-order chi connectivity index (χ0) is 22.9. The molecule has 1 amide bonds. The second-order valence-electron chi connectivity index (χ2n) is 8.23. The van der Waals surface area contributed by atoms with Gasteiger partial charge in [-0.15, -0.1) is 0 Å². The second-order valence-corrected chi connectivity index (χ2v) is 8.23. The monoisotopic (exact) mass is 440 g/mol. The van der Waals surface area contributed by atoms with Crippen molar-refractivity contribution in [1.82, 2.24) is 24.4 Å². The fourth-order valence-electron chi connectivity index (χ4n) is 4.08. The van der Waals surface area contributed by atoms with Gasteiger partial charge in [0.2, 0.25) is 5.95 Å². The normalized spacial score (nSPS) is 13.5. The summed E-state index contributed by atoms with van der Waals surface area (Å²) in [6.07, 6.45) is 3.78. The molecule has 0 unspecified atom stereocenters. The van der Waals surface area contributed by atoms with Crippen LogP contribution in [0, 0.1) is 6.92 Å². The maximum absolute atomic E-state index is 12.7. The van der Waals surface area contributed by atoms with Gasteiger partial charge < -0.3 is 10.2 Å². The van der Waals surface area contributed by atoms with Gasteiger partial charge in [-0.1, -0.05) is 12.1 Å². The minimum absolute atomic E-state index is 0.0485. The van der Waals surface area contributed by atoms with Gasteiger partial charge in [0.05, 0.1) is 16.6 Å². The van der Waals surface area contributed by atoms with Crippen molar-refractivity contribution in [3.05, 3.63) is 76.5 Å². The van der Waals surface area contributed by atoms with E-state index in [0.717, 1.165) is 37.2 Å². The van der Waals surface area contributed by atoms with Crippen LogP contribution in [0.2, 0.25) is 0 Å². The molecule has 2 aromatic heterocycles. The lowest BCUT2D eigenvalue weighted by atomic mass is 10.1. The number of nitrogens with zero attached hydrogens (tertiary/aromatic N) is 5. The molecule has 8 heteroatoms. The SMILES string of the molecule is Cc1nc2ccc(-c3ccnc(Nc4cccc(C(=O)N5CCCC5)c4)n3)cc2c(=O)n1C. The average Bonchev–Trinajstić information content (AvgIpc) is 3.37. The lowest BCUT2D eigenvalue weighted by molar-refractivity contribution is 0.0793. The summed E-state index contributed by atoms with van der Waals surface area (Å²) < 4.78 is 1.54. The summed E-state index contributed by atoms with van der Waals surface area (Å²) in [5.41, 5.74) is 3.43. The van der Waals surface area contributed by atoms with Crippen LogP contribution in [0.4, 0.5) is 11.6 Å². The summed E-state index contributed by atoms with van der Waals surface area (Å²) in [6.45, 7) is 3.43. The Morgan fingerprint density at radius 1 is 1.03 bits per heavy atom. The number of benzene rings is 2. The largest absolute Gasteiger partial charge is 0.339 e. The van der Waals surface area contributed by atoms with E-state index in [1.165, 1.54) is 4.57 Å². The predicted molar refractivity (Wildman–Crippen MR) is 128 cm³/mol. The molecule has 0 spiro atoms. The van der Waals surface area contributed by atoms with Crippen molar-refractivity contribution in [1.29, 1.82) is 0 Å². The number of carbonyl (C=O) groups excluding carboxylic acids is 1. The highest BCUT2D eigenvalue weighted by Gasteiger charge is 2.19. The number of likely N-dealkylation sites (tertiary alicyclic amines) is 1. The number of rotatable bonds is 4. The summed E-state index contributed by atoms with van der Waals surface area (Å²) in [5.74, 6) is 1.12. The van der Waals surface area contributed by atoms with Gasteiger partial charge in [0.15, 0.2) is 0 Å². The molecule has 5 rings (SSSR count). The summed E-state index contributed by atoms with van der Waals surface area (Å²) in [7, 11) is 1.71. The van der Waals surface area contributed by atoms with E-state index in [-0.39, 0.29) is 11.5 Å². The van der Waals surface area contributed by atoms with Crippen molar-refractivity contribution in [2.24, 2.45) is 7.05 Å². The number of aromatic nitrogens is 4. The van der Waals surface area contributed by atoms with Gasteiger partial charge >= 0.3 is 0 Å². The van der Waals surface area contributed by atoms with Gasteiger partial charge in [-0.05, 0) is 56.2 Å². The van der Waals surface area contributed by atoms with Crippen LogP contribution in [-0.2, 0) is 7.05 Å². The highest BCUT2D eigenvalue weighted by atomic mass is 16.2. The van der Waals surface area contributed by atoms with E-state index in [1.807, 2.05) is 54.3 Å². The van der Waals surface area contributed by atoms with Gasteiger partial charge in [0.25, 0.3) is 11.5 Å². The maximum atomic E-state index is 12.7. The fraction of sp³-hybridized carbons (Fsp3) is 0.240. The molecular weight excluding hydrogens is 416 g/mol. The molecule has 0 radical (unpaired) electrons. The number of anilines is 2. The molecule has 3 heterocycles. The molecule has 1 fully saturated rings. The summed E-state index contributed by atoms with van der Waals surface area (Å²) in [6, 6.07) is 14.7. The maximum Gasteiger partial charge on any atom is 0.261 e. The molecule has 2 aromatic carbocycles. The van der Waals surface area contributed by atoms with Crippen molar-refractivity contribution < 1.29 is 4.79 Å². The number of nitrogens with one attached hydrogen (secondary N) is 1. The number of hydrogen-bond acceptors (Lipinski definition) is 6. The molecule has 1 N–H and O–H groups in total. The van der Waals surface area contributed by atoms with Crippen molar-refractivity contribution in [3.8, 4) is 11.3 Å². The van der Waals surface area contributed by atoms with Crippen LogP contribution in [0.25, 0.3) is 22.2 Å². The molecule has 8 nitrogen and oxygen atoms in total. The molecule has 166 valence electrons. The van der Waals surface area contributed by atoms with Crippen LogP contribution in [0.1, 0.15) is 29.0 Å². The van der Waals surface area contributed by atoms with Crippen molar-refractivity contribution in [2.45, 2.75) is 19.8 Å². The number of carbonyl (C=O) groups is 1. The first-order valence-electron chi connectivity index (χ1n) is 11.0. The van der Waals surface area contributed by atoms with Crippen LogP contribution < -0.4 is 10.9 Å². The van der Waals surface area contributed by atoms with Crippen LogP contribution >= 0.6 is 0 Å². The van der Waals surface area contributed by atoms with Crippen molar-refractivity contribution >= 4 is 28.4 Å². The smallest absolute Gasteiger partial charge is 0.261 e. The molecule has 4 aromatic rings. The van der Waals surface area contributed by atoms with Gasteiger partial charge in [0, 0.05) is 43.1 Å². The number of hydrogen-bond donors (Lipinski definition) is 1. The fourth-order valence-corrected chi connectivity index (χ4v) is 4.08. The molecule has 33 heavy (non-hydrogen) atoms. The highest BCUT2D eigenvalue weighted by Crippen LogP contribution is 2.23. The Kier molecular flexibility index (Phi) is 5.34. The summed E-state index contributed by atoms with van der Waals surface area (Å²) in [4.78, 5) is 40.7. The lowest BCUT2D eigenvalue weighted by Gasteiger charge is -2.16. The third kappa shape index (κ3) is 4.07. The highest BCUT2D eigenvalue weighted by molar-refractivity contribution is 5.95. The molecular formula is C25H24N6O2. The van der Waals surface area contributed by atoms with Crippen LogP contribution in [0.15, 0.2) is 59.5 Å². The third-order valence-electron chi connectivity index (χ3n) is 6.01. The third-order valence-corrected chi connectivity index (χ3v) is 6.01. The second kappa shape index (κ2) is 8.46. The molecule has 1 saturated heterocycles. The Morgan fingerprint density at radius 2 is 1.85 bits per heavy atom. The zero-order valence-corrected chi connectivity index (χ0v) is 18.6. The Hall–Kier alpha value is -4.07. The first-order valence-corrected chi connectivity index (χ1v) is 11.0. The van der Waals surface area contributed by atoms with Crippen molar-refractivity contribution in [3.63, 3.8) is 0 Å². The van der Waals surface area contributed by atoms with Gasteiger partial charge in [0.1, 0.15) is 5.82 Å². The molecule has 1 aliphatic rings. The average molecular weight is 441 g/mol. The Labute approximate surface area is 190 Å². The van der Waals surface area contributed by atoms with E-state index < -0.39 is 0 Å². The quantitative estimate of drug-likeness (QED) is 0.520. The topological polar surface area (TPSA) is 93.0 Å². The van der Waals surface area contributed by atoms with Crippen LogP contribution in [-0.4, -0.2) is 43.4 Å². The van der Waals surface area contributed by atoms with E-state index in [2.05, 4.69) is 20.3 Å². The minimum Gasteiger partial charge on any atom is -0.339 e. The van der Waals surface area contributed by atoms with Crippen LogP contribution in [0.5, 0.6) is 0 Å². The molecule has 0 aliphatic carbocycles. The van der Waals surface area contributed by atoms with Crippen LogP contribution in [0.3, 0.4) is 0 Å².